The van der Waals surface area contributed by atoms with Crippen LogP contribution in [-0.2, 0) is 9.53 Å². The minimum atomic E-state index is -0.502. The number of carbonyl (C=O) groups excluding carboxylic acids is 1. The van der Waals surface area contributed by atoms with E-state index in [4.69, 9.17) is 25.8 Å². The minimum Gasteiger partial charge on any atom is -0.454 e. The summed E-state index contributed by atoms with van der Waals surface area (Å²) in [6.07, 6.45) is 1.63. The summed E-state index contributed by atoms with van der Waals surface area (Å²) in [5.74, 6) is 1.00. The Morgan fingerprint density at radius 2 is 1.96 bits per heavy atom. The molecule has 0 unspecified atom stereocenters. The monoisotopic (exact) mass is 327 g/mol. The second-order valence-electron chi connectivity index (χ2n) is 4.96. The number of aliphatic imine (C=N–C) groups is 1. The zero-order valence-corrected chi connectivity index (χ0v) is 12.5. The van der Waals surface area contributed by atoms with Gasteiger partial charge in [0.2, 0.25) is 12.7 Å². The van der Waals surface area contributed by atoms with E-state index in [0.29, 0.717) is 22.1 Å². The van der Waals surface area contributed by atoms with Gasteiger partial charge in [0, 0.05) is 10.6 Å². The zero-order valence-electron chi connectivity index (χ0n) is 11.8. The van der Waals surface area contributed by atoms with Crippen LogP contribution in [0.25, 0.3) is 6.08 Å². The van der Waals surface area contributed by atoms with Gasteiger partial charge in [-0.05, 0) is 42.0 Å². The summed E-state index contributed by atoms with van der Waals surface area (Å²) < 4.78 is 15.8. The number of carbonyl (C=O) groups is 1. The van der Waals surface area contributed by atoms with E-state index in [0.717, 1.165) is 5.56 Å². The van der Waals surface area contributed by atoms with Crippen molar-refractivity contribution in [3.05, 3.63) is 64.3 Å². The lowest BCUT2D eigenvalue weighted by Gasteiger charge is -2.01. The van der Waals surface area contributed by atoms with Crippen LogP contribution in [0.2, 0.25) is 5.02 Å². The predicted octanol–water partition coefficient (Wildman–Crippen LogP) is 3.41. The molecule has 0 spiro atoms. The van der Waals surface area contributed by atoms with E-state index in [1.54, 1.807) is 42.5 Å². The molecule has 0 saturated heterocycles. The second-order valence-corrected chi connectivity index (χ2v) is 5.40. The molecule has 0 aromatic heterocycles. The second kappa shape index (κ2) is 5.44. The van der Waals surface area contributed by atoms with E-state index in [-0.39, 0.29) is 18.4 Å². The van der Waals surface area contributed by atoms with Gasteiger partial charge in [-0.1, -0.05) is 23.7 Å². The maximum atomic E-state index is 12.0. The number of ether oxygens (including phenoxy) is 3. The van der Waals surface area contributed by atoms with Crippen molar-refractivity contribution in [1.82, 2.24) is 0 Å². The normalized spacial score (nSPS) is 17.3. The standard InChI is InChI=1S/C17H10ClNO4/c18-12-3-1-2-10(6-12)7-13-17(20)23-16(19-13)11-4-5-14-15(8-11)22-9-21-14/h1-8H,9H2/b13-7-. The van der Waals surface area contributed by atoms with Crippen molar-refractivity contribution >= 4 is 29.5 Å². The van der Waals surface area contributed by atoms with Crippen LogP contribution in [0.1, 0.15) is 11.1 Å². The molecular formula is C17H10ClNO4. The van der Waals surface area contributed by atoms with Crippen molar-refractivity contribution in [2.24, 2.45) is 4.99 Å². The van der Waals surface area contributed by atoms with E-state index in [9.17, 15) is 4.79 Å². The molecule has 114 valence electrons. The van der Waals surface area contributed by atoms with Crippen LogP contribution >= 0.6 is 11.6 Å². The van der Waals surface area contributed by atoms with Crippen molar-refractivity contribution < 1.29 is 19.0 Å². The molecule has 0 atom stereocenters. The average molecular weight is 328 g/mol. The average Bonchev–Trinajstić information content (AvgIpc) is 3.14. The van der Waals surface area contributed by atoms with Crippen LogP contribution in [-0.4, -0.2) is 18.7 Å². The Morgan fingerprint density at radius 1 is 1.09 bits per heavy atom. The molecule has 2 aromatic rings. The molecule has 5 nitrogen and oxygen atoms in total. The Balaban J connectivity index is 1.67. The third-order valence-corrected chi connectivity index (χ3v) is 3.63. The first-order valence-corrected chi connectivity index (χ1v) is 7.25. The fourth-order valence-electron chi connectivity index (χ4n) is 2.32. The van der Waals surface area contributed by atoms with Gasteiger partial charge in [-0.2, -0.15) is 0 Å². The van der Waals surface area contributed by atoms with Gasteiger partial charge in [-0.15, -0.1) is 0 Å². The highest BCUT2D eigenvalue weighted by atomic mass is 35.5. The zero-order chi connectivity index (χ0) is 15.8. The molecule has 0 radical (unpaired) electrons. The van der Waals surface area contributed by atoms with Gasteiger partial charge in [-0.25, -0.2) is 9.79 Å². The van der Waals surface area contributed by atoms with Gasteiger partial charge in [0.25, 0.3) is 0 Å². The summed E-state index contributed by atoms with van der Waals surface area (Å²) in [5, 5.41) is 0.589. The molecule has 23 heavy (non-hydrogen) atoms. The number of esters is 1. The first-order chi connectivity index (χ1) is 11.2. The third kappa shape index (κ3) is 2.66. The highest BCUT2D eigenvalue weighted by molar-refractivity contribution is 6.30. The van der Waals surface area contributed by atoms with Crippen LogP contribution in [0.3, 0.4) is 0 Å². The number of rotatable bonds is 2. The van der Waals surface area contributed by atoms with Crippen molar-refractivity contribution in [3.63, 3.8) is 0 Å². The summed E-state index contributed by atoms with van der Waals surface area (Å²) in [7, 11) is 0. The van der Waals surface area contributed by atoms with Crippen molar-refractivity contribution in [2.45, 2.75) is 0 Å². The van der Waals surface area contributed by atoms with Gasteiger partial charge in [0.1, 0.15) is 0 Å². The Hall–Kier alpha value is -2.79. The molecule has 2 aliphatic heterocycles. The van der Waals surface area contributed by atoms with E-state index in [2.05, 4.69) is 4.99 Å². The molecule has 2 aromatic carbocycles. The van der Waals surface area contributed by atoms with Crippen LogP contribution in [0, 0.1) is 0 Å². The first-order valence-electron chi connectivity index (χ1n) is 6.87. The lowest BCUT2D eigenvalue weighted by molar-refractivity contribution is -0.129. The number of hydrogen-bond donors (Lipinski definition) is 0. The SMILES string of the molecule is O=C1OC(c2ccc3c(c2)OCO3)=N/C1=C\c1cccc(Cl)c1. The fourth-order valence-corrected chi connectivity index (χ4v) is 2.52. The minimum absolute atomic E-state index is 0.185. The summed E-state index contributed by atoms with van der Waals surface area (Å²) in [5.41, 5.74) is 1.65. The lowest BCUT2D eigenvalue weighted by Crippen LogP contribution is -2.05. The molecule has 4 rings (SSSR count). The van der Waals surface area contributed by atoms with E-state index < -0.39 is 5.97 Å². The van der Waals surface area contributed by atoms with Crippen LogP contribution < -0.4 is 9.47 Å². The van der Waals surface area contributed by atoms with E-state index in [1.165, 1.54) is 0 Å². The van der Waals surface area contributed by atoms with Crippen molar-refractivity contribution in [1.29, 1.82) is 0 Å². The lowest BCUT2D eigenvalue weighted by atomic mass is 10.2. The quantitative estimate of drug-likeness (QED) is 0.626. The smallest absolute Gasteiger partial charge is 0.363 e. The van der Waals surface area contributed by atoms with Gasteiger partial charge in [0.05, 0.1) is 0 Å². The predicted molar refractivity (Wildman–Crippen MR) is 84.6 cm³/mol. The van der Waals surface area contributed by atoms with Crippen LogP contribution in [0.4, 0.5) is 0 Å². The maximum absolute atomic E-state index is 12.0. The fraction of sp³-hybridized carbons (Fsp3) is 0.0588. The Bertz CT molecular complexity index is 873. The van der Waals surface area contributed by atoms with Gasteiger partial charge < -0.3 is 14.2 Å². The number of fused-ring (bicyclic) bond motifs is 1. The van der Waals surface area contributed by atoms with Crippen molar-refractivity contribution in [2.75, 3.05) is 6.79 Å². The number of benzene rings is 2. The van der Waals surface area contributed by atoms with Gasteiger partial charge >= 0.3 is 5.97 Å². The van der Waals surface area contributed by atoms with Crippen LogP contribution in [0.5, 0.6) is 11.5 Å². The topological polar surface area (TPSA) is 57.1 Å². The molecule has 2 aliphatic rings. The molecule has 0 aliphatic carbocycles. The number of hydrogen-bond acceptors (Lipinski definition) is 5. The largest absolute Gasteiger partial charge is 0.454 e. The van der Waals surface area contributed by atoms with Gasteiger partial charge in [-0.3, -0.25) is 0 Å². The molecule has 0 amide bonds. The number of halogens is 1. The molecular weight excluding hydrogens is 318 g/mol. The molecule has 0 fully saturated rings. The van der Waals surface area contributed by atoms with Crippen molar-refractivity contribution in [3.8, 4) is 11.5 Å². The summed E-state index contributed by atoms with van der Waals surface area (Å²) in [6.45, 7) is 0.185. The molecule has 0 N–H and O–H groups in total. The maximum Gasteiger partial charge on any atom is 0.363 e. The number of cyclic esters (lactones) is 1. The first kappa shape index (κ1) is 13.8. The Kier molecular flexibility index (Phi) is 3.28. The molecule has 0 saturated carbocycles. The Labute approximate surface area is 136 Å². The summed E-state index contributed by atoms with van der Waals surface area (Å²) in [6, 6.07) is 12.4. The molecule has 0 bridgehead atoms. The summed E-state index contributed by atoms with van der Waals surface area (Å²) in [4.78, 5) is 16.2. The Morgan fingerprint density at radius 3 is 2.83 bits per heavy atom. The highest BCUT2D eigenvalue weighted by Gasteiger charge is 2.25. The van der Waals surface area contributed by atoms with Crippen LogP contribution in [0.15, 0.2) is 53.2 Å². The third-order valence-electron chi connectivity index (χ3n) is 3.39. The molecule has 2 heterocycles. The van der Waals surface area contributed by atoms with Gasteiger partial charge in [0.15, 0.2) is 17.2 Å². The summed E-state index contributed by atoms with van der Waals surface area (Å²) >= 11 is 5.94. The van der Waals surface area contributed by atoms with E-state index >= 15 is 0 Å². The van der Waals surface area contributed by atoms with E-state index in [1.807, 2.05) is 6.07 Å². The molecule has 6 heteroatoms. The highest BCUT2D eigenvalue weighted by Crippen LogP contribution is 2.33. The number of nitrogens with zero attached hydrogens (tertiary/aromatic N) is 1.